The van der Waals surface area contributed by atoms with Crippen molar-refractivity contribution in [3.63, 3.8) is 0 Å². The lowest BCUT2D eigenvalue weighted by atomic mass is 9.75. The zero-order chi connectivity index (χ0) is 21.0. The summed E-state index contributed by atoms with van der Waals surface area (Å²) in [5, 5.41) is 9.45. The SMILES string of the molecule is CCCCC(CCCC)C(CC)(CCCC)OC(=O)c1ccccc1C(=O)O. The first kappa shape index (κ1) is 24.2. The van der Waals surface area contributed by atoms with Gasteiger partial charge in [-0.3, -0.25) is 0 Å². The molecule has 1 atom stereocenters. The number of esters is 1. The van der Waals surface area contributed by atoms with Gasteiger partial charge in [-0.2, -0.15) is 0 Å². The third-order valence-electron chi connectivity index (χ3n) is 5.78. The van der Waals surface area contributed by atoms with Crippen molar-refractivity contribution in [3.8, 4) is 0 Å². The number of unbranched alkanes of at least 4 members (excludes halogenated alkanes) is 3. The fraction of sp³-hybridized carbons (Fsp3) is 0.667. The molecule has 0 amide bonds. The number of carboxylic acids is 1. The van der Waals surface area contributed by atoms with E-state index in [4.69, 9.17) is 4.74 Å². The van der Waals surface area contributed by atoms with Gasteiger partial charge in [0.2, 0.25) is 0 Å². The lowest BCUT2D eigenvalue weighted by Crippen LogP contribution is -2.42. The topological polar surface area (TPSA) is 63.6 Å². The zero-order valence-corrected chi connectivity index (χ0v) is 18.1. The summed E-state index contributed by atoms with van der Waals surface area (Å²) in [6.07, 6.45) is 10.2. The van der Waals surface area contributed by atoms with Gasteiger partial charge in [0, 0.05) is 0 Å². The Morgan fingerprint density at radius 2 is 1.46 bits per heavy atom. The molecule has 4 heteroatoms. The zero-order valence-electron chi connectivity index (χ0n) is 18.1. The highest BCUT2D eigenvalue weighted by molar-refractivity contribution is 6.02. The lowest BCUT2D eigenvalue weighted by Gasteiger charge is -2.40. The van der Waals surface area contributed by atoms with Crippen LogP contribution in [0.25, 0.3) is 0 Å². The minimum atomic E-state index is -1.10. The first-order valence-corrected chi connectivity index (χ1v) is 11.0. The van der Waals surface area contributed by atoms with Crippen molar-refractivity contribution in [2.75, 3.05) is 0 Å². The Bertz CT molecular complexity index is 602. The maximum Gasteiger partial charge on any atom is 0.339 e. The summed E-state index contributed by atoms with van der Waals surface area (Å²) < 4.78 is 6.22. The van der Waals surface area contributed by atoms with Gasteiger partial charge in [-0.05, 0) is 50.2 Å². The van der Waals surface area contributed by atoms with Gasteiger partial charge in [-0.1, -0.05) is 71.9 Å². The van der Waals surface area contributed by atoms with Crippen LogP contribution in [-0.4, -0.2) is 22.6 Å². The summed E-state index contributed by atoms with van der Waals surface area (Å²) in [6.45, 7) is 8.61. The smallest absolute Gasteiger partial charge is 0.339 e. The quantitative estimate of drug-likeness (QED) is 0.352. The Kier molecular flexibility index (Phi) is 10.9. The lowest BCUT2D eigenvalue weighted by molar-refractivity contribution is -0.0660. The second-order valence-electron chi connectivity index (χ2n) is 7.74. The average molecular weight is 391 g/mol. The van der Waals surface area contributed by atoms with Gasteiger partial charge in [-0.15, -0.1) is 0 Å². The molecule has 28 heavy (non-hydrogen) atoms. The first-order chi connectivity index (χ1) is 13.5. The number of carboxylic acid groups (broad SMARTS) is 1. The van der Waals surface area contributed by atoms with E-state index in [1.54, 1.807) is 18.2 Å². The van der Waals surface area contributed by atoms with Crippen molar-refractivity contribution in [2.24, 2.45) is 5.92 Å². The van der Waals surface area contributed by atoms with Crippen molar-refractivity contribution >= 4 is 11.9 Å². The second-order valence-corrected chi connectivity index (χ2v) is 7.74. The van der Waals surface area contributed by atoms with Crippen molar-refractivity contribution in [1.82, 2.24) is 0 Å². The fourth-order valence-electron chi connectivity index (χ4n) is 4.01. The maximum absolute atomic E-state index is 13.1. The van der Waals surface area contributed by atoms with Crippen LogP contribution in [0.2, 0.25) is 0 Å². The van der Waals surface area contributed by atoms with Gasteiger partial charge in [-0.25, -0.2) is 9.59 Å². The molecule has 0 bridgehead atoms. The number of carbonyl (C=O) groups excluding carboxylic acids is 1. The molecule has 0 spiro atoms. The average Bonchev–Trinajstić information content (AvgIpc) is 2.71. The Hall–Kier alpha value is -1.84. The molecule has 1 rings (SSSR count). The van der Waals surface area contributed by atoms with Crippen molar-refractivity contribution in [2.45, 2.75) is 97.5 Å². The number of benzene rings is 1. The molecule has 1 aromatic carbocycles. The van der Waals surface area contributed by atoms with Crippen molar-refractivity contribution < 1.29 is 19.4 Å². The van der Waals surface area contributed by atoms with Crippen LogP contribution in [0.15, 0.2) is 24.3 Å². The number of rotatable bonds is 14. The van der Waals surface area contributed by atoms with Gasteiger partial charge in [0.25, 0.3) is 0 Å². The molecule has 158 valence electrons. The summed E-state index contributed by atoms with van der Waals surface area (Å²) in [4.78, 5) is 24.6. The van der Waals surface area contributed by atoms with E-state index in [1.165, 1.54) is 6.07 Å². The molecule has 1 N–H and O–H groups in total. The van der Waals surface area contributed by atoms with Crippen LogP contribution in [-0.2, 0) is 4.74 Å². The van der Waals surface area contributed by atoms with Crippen molar-refractivity contribution in [1.29, 1.82) is 0 Å². The fourth-order valence-corrected chi connectivity index (χ4v) is 4.01. The van der Waals surface area contributed by atoms with Crippen LogP contribution >= 0.6 is 0 Å². The summed E-state index contributed by atoms with van der Waals surface area (Å²) in [7, 11) is 0. The molecule has 0 saturated heterocycles. The monoisotopic (exact) mass is 390 g/mol. The molecular formula is C24H38O4. The van der Waals surface area contributed by atoms with E-state index in [1.807, 2.05) is 0 Å². The minimum Gasteiger partial charge on any atom is -0.478 e. The van der Waals surface area contributed by atoms with Crippen LogP contribution in [0.4, 0.5) is 0 Å². The van der Waals surface area contributed by atoms with E-state index < -0.39 is 17.5 Å². The Balaban J connectivity index is 3.23. The molecule has 4 nitrogen and oxygen atoms in total. The number of hydrogen-bond donors (Lipinski definition) is 1. The third-order valence-corrected chi connectivity index (χ3v) is 5.78. The first-order valence-electron chi connectivity index (χ1n) is 11.0. The molecule has 1 aromatic rings. The van der Waals surface area contributed by atoms with Crippen LogP contribution in [0.5, 0.6) is 0 Å². The molecule has 0 aliphatic carbocycles. The Labute approximate surface area is 170 Å². The highest BCUT2D eigenvalue weighted by Gasteiger charge is 2.40. The predicted octanol–water partition coefficient (Wildman–Crippen LogP) is 6.88. The predicted molar refractivity (Wildman–Crippen MR) is 114 cm³/mol. The number of hydrogen-bond acceptors (Lipinski definition) is 3. The van der Waals surface area contributed by atoms with Crippen LogP contribution in [0, 0.1) is 5.92 Å². The minimum absolute atomic E-state index is 0.00617. The van der Waals surface area contributed by atoms with E-state index in [-0.39, 0.29) is 11.1 Å². The van der Waals surface area contributed by atoms with Crippen LogP contribution in [0.1, 0.15) is 113 Å². The second kappa shape index (κ2) is 12.6. The summed E-state index contributed by atoms with van der Waals surface area (Å²) >= 11 is 0. The van der Waals surface area contributed by atoms with Gasteiger partial charge < -0.3 is 9.84 Å². The molecule has 0 radical (unpaired) electrons. The van der Waals surface area contributed by atoms with Crippen LogP contribution < -0.4 is 0 Å². The summed E-state index contributed by atoms with van der Waals surface area (Å²) in [6, 6.07) is 6.34. The summed E-state index contributed by atoms with van der Waals surface area (Å²) in [5.74, 6) is -1.30. The maximum atomic E-state index is 13.1. The largest absolute Gasteiger partial charge is 0.478 e. The standard InChI is InChI=1S/C24H38O4/c1-5-9-14-19(15-10-6-2)24(8-4,18-11-7-3)28-23(27)21-17-13-12-16-20(21)22(25)26/h12-13,16-17,19H,5-11,14-15,18H2,1-4H3,(H,25,26). The number of carbonyl (C=O) groups is 2. The normalized spacial score (nSPS) is 13.3. The van der Waals surface area contributed by atoms with E-state index in [0.29, 0.717) is 5.92 Å². The number of aromatic carboxylic acids is 1. The van der Waals surface area contributed by atoms with E-state index in [0.717, 1.165) is 64.2 Å². The molecule has 0 aliphatic heterocycles. The van der Waals surface area contributed by atoms with E-state index in [2.05, 4.69) is 27.7 Å². The molecule has 1 unspecified atom stereocenters. The summed E-state index contributed by atoms with van der Waals surface area (Å²) in [5.41, 5.74) is -0.371. The van der Waals surface area contributed by atoms with E-state index >= 15 is 0 Å². The molecular weight excluding hydrogens is 352 g/mol. The molecule has 0 heterocycles. The molecule has 0 fully saturated rings. The van der Waals surface area contributed by atoms with Gasteiger partial charge >= 0.3 is 11.9 Å². The van der Waals surface area contributed by atoms with E-state index in [9.17, 15) is 14.7 Å². The van der Waals surface area contributed by atoms with Crippen molar-refractivity contribution in [3.05, 3.63) is 35.4 Å². The highest BCUT2D eigenvalue weighted by atomic mass is 16.6. The Morgan fingerprint density at radius 3 is 1.93 bits per heavy atom. The van der Waals surface area contributed by atoms with Crippen LogP contribution in [0.3, 0.4) is 0 Å². The van der Waals surface area contributed by atoms with Gasteiger partial charge in [0.1, 0.15) is 5.60 Å². The van der Waals surface area contributed by atoms with Gasteiger partial charge in [0.05, 0.1) is 11.1 Å². The van der Waals surface area contributed by atoms with Gasteiger partial charge in [0.15, 0.2) is 0 Å². The molecule has 0 aromatic heterocycles. The molecule has 0 aliphatic rings. The number of ether oxygens (including phenoxy) is 1. The third kappa shape index (κ3) is 6.65. The molecule has 0 saturated carbocycles. The Morgan fingerprint density at radius 1 is 0.929 bits per heavy atom. The highest BCUT2D eigenvalue weighted by Crippen LogP contribution is 2.39.